The standard InChI is InChI=1S/C9H16N2O2/c1-4-8-13-9(12)10-6-5-7-11(2)3/h4-5,7H,1,6,8H2,2-3H3,(H,10,12). The fourth-order valence-electron chi connectivity index (χ4n) is 0.591. The zero-order chi connectivity index (χ0) is 10.1. The Morgan fingerprint density at radius 2 is 2.31 bits per heavy atom. The molecule has 0 heterocycles. The third-order valence-corrected chi connectivity index (χ3v) is 1.10. The van der Waals surface area contributed by atoms with E-state index in [1.54, 1.807) is 0 Å². The molecule has 0 aliphatic carbocycles. The topological polar surface area (TPSA) is 41.6 Å². The van der Waals surface area contributed by atoms with E-state index in [2.05, 4.69) is 16.6 Å². The normalized spacial score (nSPS) is 9.69. The number of nitrogens with one attached hydrogen (secondary N) is 1. The lowest BCUT2D eigenvalue weighted by Gasteiger charge is -2.04. The predicted molar refractivity (Wildman–Crippen MR) is 52.4 cm³/mol. The Hall–Kier alpha value is -1.45. The molecule has 0 unspecified atom stereocenters. The average molecular weight is 184 g/mol. The van der Waals surface area contributed by atoms with E-state index in [0.717, 1.165) is 0 Å². The van der Waals surface area contributed by atoms with Crippen LogP contribution in [0.1, 0.15) is 0 Å². The van der Waals surface area contributed by atoms with Crippen molar-refractivity contribution in [3.8, 4) is 0 Å². The van der Waals surface area contributed by atoms with Crippen molar-refractivity contribution >= 4 is 6.09 Å². The van der Waals surface area contributed by atoms with Gasteiger partial charge < -0.3 is 15.0 Å². The Labute approximate surface area is 78.9 Å². The summed E-state index contributed by atoms with van der Waals surface area (Å²) in [5.41, 5.74) is 0. The van der Waals surface area contributed by atoms with E-state index in [1.165, 1.54) is 6.08 Å². The molecule has 0 atom stereocenters. The molecule has 0 aromatic heterocycles. The van der Waals surface area contributed by atoms with Gasteiger partial charge in [-0.15, -0.1) is 0 Å². The van der Waals surface area contributed by atoms with Gasteiger partial charge in [-0.1, -0.05) is 12.7 Å². The number of rotatable bonds is 5. The van der Waals surface area contributed by atoms with Crippen molar-refractivity contribution in [3.63, 3.8) is 0 Å². The summed E-state index contributed by atoms with van der Waals surface area (Å²) >= 11 is 0. The Bertz CT molecular complexity index is 188. The Morgan fingerprint density at radius 3 is 2.85 bits per heavy atom. The summed E-state index contributed by atoms with van der Waals surface area (Å²) in [5, 5.41) is 2.55. The number of carbonyl (C=O) groups is 1. The first-order chi connectivity index (χ1) is 6.16. The van der Waals surface area contributed by atoms with Crippen LogP contribution in [0.3, 0.4) is 0 Å². The molecule has 0 aromatic carbocycles. The highest BCUT2D eigenvalue weighted by Gasteiger charge is 1.95. The Balaban J connectivity index is 3.41. The lowest BCUT2D eigenvalue weighted by molar-refractivity contribution is 0.159. The van der Waals surface area contributed by atoms with Crippen LogP contribution >= 0.6 is 0 Å². The van der Waals surface area contributed by atoms with Crippen LogP contribution in [0.2, 0.25) is 0 Å². The molecular weight excluding hydrogens is 168 g/mol. The molecule has 0 spiro atoms. The van der Waals surface area contributed by atoms with Gasteiger partial charge >= 0.3 is 6.09 Å². The molecule has 0 saturated heterocycles. The predicted octanol–water partition coefficient (Wildman–Crippen LogP) is 0.974. The van der Waals surface area contributed by atoms with Gasteiger partial charge in [0, 0.05) is 20.6 Å². The summed E-state index contributed by atoms with van der Waals surface area (Å²) < 4.78 is 4.68. The molecule has 0 bridgehead atoms. The van der Waals surface area contributed by atoms with Crippen molar-refractivity contribution in [2.45, 2.75) is 0 Å². The Morgan fingerprint density at radius 1 is 1.62 bits per heavy atom. The molecule has 0 aromatic rings. The molecule has 0 radical (unpaired) electrons. The lowest BCUT2D eigenvalue weighted by atomic mass is 10.6. The van der Waals surface area contributed by atoms with Crippen LogP contribution in [0, 0.1) is 0 Å². The fraction of sp³-hybridized carbons (Fsp3) is 0.444. The maximum Gasteiger partial charge on any atom is 0.407 e. The van der Waals surface area contributed by atoms with Crippen LogP contribution in [0.15, 0.2) is 24.9 Å². The quantitative estimate of drug-likeness (QED) is 0.647. The maximum atomic E-state index is 10.8. The van der Waals surface area contributed by atoms with Gasteiger partial charge in [0.2, 0.25) is 0 Å². The van der Waals surface area contributed by atoms with Gasteiger partial charge in [0.05, 0.1) is 0 Å². The molecule has 4 nitrogen and oxygen atoms in total. The van der Waals surface area contributed by atoms with E-state index < -0.39 is 6.09 Å². The van der Waals surface area contributed by atoms with E-state index in [1.807, 2.05) is 31.3 Å². The largest absolute Gasteiger partial charge is 0.445 e. The number of ether oxygens (including phenoxy) is 1. The molecule has 0 fully saturated rings. The minimum absolute atomic E-state index is 0.239. The summed E-state index contributed by atoms with van der Waals surface area (Å²) in [5.74, 6) is 0. The molecule has 1 N–H and O–H groups in total. The minimum Gasteiger partial charge on any atom is -0.445 e. The van der Waals surface area contributed by atoms with E-state index >= 15 is 0 Å². The van der Waals surface area contributed by atoms with Crippen molar-refractivity contribution in [1.29, 1.82) is 0 Å². The van der Waals surface area contributed by atoms with Gasteiger partial charge in [0.25, 0.3) is 0 Å². The number of amides is 1. The summed E-state index contributed by atoms with van der Waals surface area (Å²) in [6.45, 7) is 4.13. The zero-order valence-electron chi connectivity index (χ0n) is 8.12. The first kappa shape index (κ1) is 11.6. The highest BCUT2D eigenvalue weighted by molar-refractivity contribution is 5.67. The minimum atomic E-state index is -0.427. The van der Waals surface area contributed by atoms with Crippen LogP contribution in [0.5, 0.6) is 0 Å². The summed E-state index contributed by atoms with van der Waals surface area (Å²) in [6.07, 6.45) is 4.78. The number of hydrogen-bond donors (Lipinski definition) is 1. The first-order valence-electron chi connectivity index (χ1n) is 4.01. The second-order valence-electron chi connectivity index (χ2n) is 2.62. The van der Waals surface area contributed by atoms with Gasteiger partial charge in [-0.05, 0) is 12.3 Å². The van der Waals surface area contributed by atoms with Crippen LogP contribution < -0.4 is 5.32 Å². The van der Waals surface area contributed by atoms with Gasteiger partial charge in [-0.3, -0.25) is 0 Å². The third kappa shape index (κ3) is 8.46. The summed E-state index contributed by atoms with van der Waals surface area (Å²) in [4.78, 5) is 12.7. The van der Waals surface area contributed by atoms with Gasteiger partial charge in [-0.2, -0.15) is 0 Å². The van der Waals surface area contributed by atoms with Crippen LogP contribution in [-0.4, -0.2) is 38.2 Å². The fourth-order valence-corrected chi connectivity index (χ4v) is 0.591. The van der Waals surface area contributed by atoms with Crippen molar-refractivity contribution in [2.75, 3.05) is 27.2 Å². The Kier molecular flexibility index (Phi) is 6.41. The summed E-state index contributed by atoms with van der Waals surface area (Å²) in [7, 11) is 3.82. The van der Waals surface area contributed by atoms with Crippen molar-refractivity contribution < 1.29 is 9.53 Å². The number of alkyl carbamates (subject to hydrolysis) is 1. The van der Waals surface area contributed by atoms with Crippen LogP contribution in [-0.2, 0) is 4.74 Å². The summed E-state index contributed by atoms with van der Waals surface area (Å²) in [6, 6.07) is 0. The molecule has 1 amide bonds. The molecule has 0 aliphatic rings. The van der Waals surface area contributed by atoms with E-state index in [-0.39, 0.29) is 6.61 Å². The molecule has 74 valence electrons. The van der Waals surface area contributed by atoms with Crippen LogP contribution in [0.4, 0.5) is 4.79 Å². The second kappa shape index (κ2) is 7.21. The smallest absolute Gasteiger partial charge is 0.407 e. The number of hydrogen-bond acceptors (Lipinski definition) is 3. The second-order valence-corrected chi connectivity index (χ2v) is 2.62. The van der Waals surface area contributed by atoms with Crippen molar-refractivity contribution in [1.82, 2.24) is 10.2 Å². The first-order valence-corrected chi connectivity index (χ1v) is 4.01. The maximum absolute atomic E-state index is 10.8. The zero-order valence-corrected chi connectivity index (χ0v) is 8.12. The number of nitrogens with zero attached hydrogens (tertiary/aromatic N) is 1. The highest BCUT2D eigenvalue weighted by atomic mass is 16.5. The van der Waals surface area contributed by atoms with E-state index in [9.17, 15) is 4.79 Å². The molecule has 4 heteroatoms. The highest BCUT2D eigenvalue weighted by Crippen LogP contribution is 1.79. The molecular formula is C9H16N2O2. The van der Waals surface area contributed by atoms with Crippen molar-refractivity contribution in [2.24, 2.45) is 0 Å². The van der Waals surface area contributed by atoms with Gasteiger partial charge in [0.1, 0.15) is 6.61 Å². The van der Waals surface area contributed by atoms with Gasteiger partial charge in [0.15, 0.2) is 0 Å². The van der Waals surface area contributed by atoms with Crippen molar-refractivity contribution in [3.05, 3.63) is 24.9 Å². The van der Waals surface area contributed by atoms with Crippen LogP contribution in [0.25, 0.3) is 0 Å². The van der Waals surface area contributed by atoms with Gasteiger partial charge in [-0.25, -0.2) is 4.79 Å². The molecule has 13 heavy (non-hydrogen) atoms. The molecule has 0 saturated carbocycles. The average Bonchev–Trinajstić information content (AvgIpc) is 2.08. The monoisotopic (exact) mass is 184 g/mol. The number of carbonyl (C=O) groups excluding carboxylic acids is 1. The SMILES string of the molecule is C=CCOC(=O)NCC=CN(C)C. The molecule has 0 aliphatic heterocycles. The lowest BCUT2D eigenvalue weighted by Crippen LogP contribution is -2.24. The third-order valence-electron chi connectivity index (χ3n) is 1.10. The molecule has 0 rings (SSSR count). The van der Waals surface area contributed by atoms with E-state index in [0.29, 0.717) is 6.54 Å². The van der Waals surface area contributed by atoms with E-state index in [4.69, 9.17) is 0 Å².